The lowest BCUT2D eigenvalue weighted by molar-refractivity contribution is 1.12. The van der Waals surface area contributed by atoms with Gasteiger partial charge < -0.3 is 5.32 Å². The Balaban J connectivity index is 1.84. The van der Waals surface area contributed by atoms with Gasteiger partial charge in [-0.05, 0) is 42.3 Å². The molecule has 3 nitrogen and oxygen atoms in total. The largest absolute Gasteiger partial charge is 0.380 e. The van der Waals surface area contributed by atoms with Gasteiger partial charge in [-0.2, -0.15) is 5.10 Å². The van der Waals surface area contributed by atoms with Crippen molar-refractivity contribution in [3.8, 4) is 0 Å². The molecular formula is C15H14ClN3. The summed E-state index contributed by atoms with van der Waals surface area (Å²) in [4.78, 5) is 0. The van der Waals surface area contributed by atoms with E-state index in [0.717, 1.165) is 28.2 Å². The molecule has 0 radical (unpaired) electrons. The van der Waals surface area contributed by atoms with Crippen molar-refractivity contribution in [3.05, 3.63) is 58.7 Å². The molecule has 0 fully saturated rings. The van der Waals surface area contributed by atoms with Crippen LogP contribution in [-0.2, 0) is 6.54 Å². The van der Waals surface area contributed by atoms with Gasteiger partial charge in [-0.1, -0.05) is 23.7 Å². The predicted octanol–water partition coefficient (Wildman–Crippen LogP) is 4.14. The Bertz CT molecular complexity index is 718. The molecule has 4 heteroatoms. The first-order chi connectivity index (χ1) is 9.24. The van der Waals surface area contributed by atoms with Crippen LogP contribution in [0, 0.1) is 6.92 Å². The number of nitrogens with one attached hydrogen (secondary N) is 2. The number of hydrogen-bond donors (Lipinski definition) is 2. The lowest BCUT2D eigenvalue weighted by Gasteiger charge is -2.10. The van der Waals surface area contributed by atoms with Crippen LogP contribution in [0.3, 0.4) is 0 Å². The van der Waals surface area contributed by atoms with Crippen LogP contribution in [0.15, 0.2) is 42.6 Å². The van der Waals surface area contributed by atoms with Crippen LogP contribution in [0.4, 0.5) is 5.69 Å². The number of aryl methyl sites for hydroxylation is 1. The molecule has 96 valence electrons. The summed E-state index contributed by atoms with van der Waals surface area (Å²) >= 11 is 5.96. The molecule has 0 aliphatic rings. The van der Waals surface area contributed by atoms with Crippen LogP contribution in [0.5, 0.6) is 0 Å². The fraction of sp³-hybridized carbons (Fsp3) is 0.133. The predicted molar refractivity (Wildman–Crippen MR) is 79.6 cm³/mol. The minimum atomic E-state index is 0.771. The summed E-state index contributed by atoms with van der Waals surface area (Å²) in [7, 11) is 0. The number of aromatic nitrogens is 2. The summed E-state index contributed by atoms with van der Waals surface area (Å²) in [5.41, 5.74) is 4.56. The van der Waals surface area contributed by atoms with Crippen molar-refractivity contribution in [1.29, 1.82) is 0 Å². The van der Waals surface area contributed by atoms with Crippen molar-refractivity contribution >= 4 is 28.2 Å². The topological polar surface area (TPSA) is 40.7 Å². The van der Waals surface area contributed by atoms with Crippen LogP contribution in [0.1, 0.15) is 11.1 Å². The maximum absolute atomic E-state index is 5.96. The van der Waals surface area contributed by atoms with Crippen molar-refractivity contribution in [2.24, 2.45) is 0 Å². The number of halogens is 1. The van der Waals surface area contributed by atoms with Gasteiger partial charge in [0.05, 0.1) is 11.7 Å². The zero-order chi connectivity index (χ0) is 13.2. The van der Waals surface area contributed by atoms with E-state index in [2.05, 4.69) is 34.6 Å². The highest BCUT2D eigenvalue weighted by Gasteiger charge is 2.03. The van der Waals surface area contributed by atoms with E-state index in [4.69, 9.17) is 11.6 Å². The molecule has 0 aliphatic carbocycles. The fourth-order valence-electron chi connectivity index (χ4n) is 2.17. The maximum atomic E-state index is 5.96. The normalized spacial score (nSPS) is 10.8. The highest BCUT2D eigenvalue weighted by atomic mass is 35.5. The lowest BCUT2D eigenvalue weighted by Crippen LogP contribution is -2.01. The molecule has 2 aromatic carbocycles. The molecule has 0 saturated carbocycles. The van der Waals surface area contributed by atoms with E-state index < -0.39 is 0 Å². The number of aromatic amines is 1. The van der Waals surface area contributed by atoms with Crippen LogP contribution in [0.25, 0.3) is 10.9 Å². The van der Waals surface area contributed by atoms with E-state index in [0.29, 0.717) is 0 Å². The second kappa shape index (κ2) is 4.94. The summed E-state index contributed by atoms with van der Waals surface area (Å²) < 4.78 is 0. The van der Waals surface area contributed by atoms with Crippen molar-refractivity contribution < 1.29 is 0 Å². The molecular weight excluding hydrogens is 258 g/mol. The third-order valence-corrected chi connectivity index (χ3v) is 3.49. The Hall–Kier alpha value is -2.00. The fourth-order valence-corrected chi connectivity index (χ4v) is 2.40. The third-order valence-electron chi connectivity index (χ3n) is 3.26. The van der Waals surface area contributed by atoms with E-state index in [1.54, 1.807) is 0 Å². The minimum Gasteiger partial charge on any atom is -0.380 e. The van der Waals surface area contributed by atoms with E-state index >= 15 is 0 Å². The Morgan fingerprint density at radius 3 is 3.00 bits per heavy atom. The zero-order valence-corrected chi connectivity index (χ0v) is 11.3. The number of rotatable bonds is 3. The number of fused-ring (bicyclic) bond motifs is 1. The number of H-pyrrole nitrogens is 1. The van der Waals surface area contributed by atoms with Gasteiger partial charge in [-0.25, -0.2) is 0 Å². The Morgan fingerprint density at radius 1 is 1.26 bits per heavy atom. The first-order valence-electron chi connectivity index (χ1n) is 6.15. The van der Waals surface area contributed by atoms with Gasteiger partial charge in [0.25, 0.3) is 0 Å². The molecule has 19 heavy (non-hydrogen) atoms. The average Bonchev–Trinajstić information content (AvgIpc) is 2.86. The molecule has 0 unspecified atom stereocenters. The smallest absolute Gasteiger partial charge is 0.0671 e. The Morgan fingerprint density at radius 2 is 2.16 bits per heavy atom. The van der Waals surface area contributed by atoms with Gasteiger partial charge in [-0.3, -0.25) is 5.10 Å². The number of hydrogen-bond acceptors (Lipinski definition) is 2. The summed E-state index contributed by atoms with van der Waals surface area (Å²) in [6, 6.07) is 12.0. The molecule has 1 heterocycles. The van der Waals surface area contributed by atoms with Crippen molar-refractivity contribution in [3.63, 3.8) is 0 Å². The Labute approximate surface area is 116 Å². The first kappa shape index (κ1) is 12.1. The van der Waals surface area contributed by atoms with Crippen molar-refractivity contribution in [2.75, 3.05) is 5.32 Å². The van der Waals surface area contributed by atoms with Gasteiger partial charge in [0.15, 0.2) is 0 Å². The summed E-state index contributed by atoms with van der Waals surface area (Å²) in [6.07, 6.45) is 1.84. The van der Waals surface area contributed by atoms with E-state index in [-0.39, 0.29) is 0 Å². The molecule has 3 aromatic rings. The second-order valence-corrected chi connectivity index (χ2v) is 5.00. The zero-order valence-electron chi connectivity index (χ0n) is 10.6. The molecule has 0 spiro atoms. The number of nitrogens with zero attached hydrogens (tertiary/aromatic N) is 1. The van der Waals surface area contributed by atoms with Crippen LogP contribution in [0.2, 0.25) is 5.02 Å². The molecule has 0 saturated heterocycles. The quantitative estimate of drug-likeness (QED) is 0.752. The lowest BCUT2D eigenvalue weighted by atomic mass is 10.1. The monoisotopic (exact) mass is 271 g/mol. The van der Waals surface area contributed by atoms with E-state index in [1.807, 2.05) is 30.5 Å². The molecule has 0 amide bonds. The van der Waals surface area contributed by atoms with E-state index in [9.17, 15) is 0 Å². The van der Waals surface area contributed by atoms with E-state index in [1.165, 1.54) is 11.1 Å². The van der Waals surface area contributed by atoms with Crippen LogP contribution in [-0.4, -0.2) is 10.2 Å². The summed E-state index contributed by atoms with van der Waals surface area (Å²) in [5, 5.41) is 12.4. The van der Waals surface area contributed by atoms with Crippen LogP contribution < -0.4 is 5.32 Å². The SMILES string of the molecule is Cc1cc(Cl)ccc1CNc1cccc2[nH]ncc12. The van der Waals surface area contributed by atoms with Gasteiger partial charge >= 0.3 is 0 Å². The second-order valence-electron chi connectivity index (χ2n) is 4.56. The molecule has 2 N–H and O–H groups in total. The van der Waals surface area contributed by atoms with Gasteiger partial charge in [-0.15, -0.1) is 0 Å². The number of benzene rings is 2. The summed E-state index contributed by atoms with van der Waals surface area (Å²) in [5.74, 6) is 0. The maximum Gasteiger partial charge on any atom is 0.0671 e. The van der Waals surface area contributed by atoms with Crippen molar-refractivity contribution in [2.45, 2.75) is 13.5 Å². The third kappa shape index (κ3) is 2.42. The van der Waals surface area contributed by atoms with Gasteiger partial charge in [0.2, 0.25) is 0 Å². The Kier molecular flexibility index (Phi) is 3.13. The first-order valence-corrected chi connectivity index (χ1v) is 6.53. The molecule has 3 rings (SSSR count). The molecule has 1 aromatic heterocycles. The highest BCUT2D eigenvalue weighted by molar-refractivity contribution is 6.30. The molecule has 0 bridgehead atoms. The minimum absolute atomic E-state index is 0.771. The molecule has 0 atom stereocenters. The van der Waals surface area contributed by atoms with Gasteiger partial charge in [0, 0.05) is 22.6 Å². The highest BCUT2D eigenvalue weighted by Crippen LogP contribution is 2.22. The standard InChI is InChI=1S/C15H14ClN3/c1-10-7-12(16)6-5-11(10)8-17-14-3-2-4-15-13(14)9-18-19-15/h2-7,9,17H,8H2,1H3,(H,18,19). The van der Waals surface area contributed by atoms with Gasteiger partial charge in [0.1, 0.15) is 0 Å². The summed E-state index contributed by atoms with van der Waals surface area (Å²) in [6.45, 7) is 2.84. The molecule has 0 aliphatic heterocycles. The number of anilines is 1. The average molecular weight is 272 g/mol. The van der Waals surface area contributed by atoms with Crippen LogP contribution >= 0.6 is 11.6 Å². The van der Waals surface area contributed by atoms with Crippen molar-refractivity contribution in [1.82, 2.24) is 10.2 Å².